The Balaban J connectivity index is 3.20. The lowest BCUT2D eigenvalue weighted by Gasteiger charge is -2.07. The zero-order valence-corrected chi connectivity index (χ0v) is 8.61. The third-order valence-electron chi connectivity index (χ3n) is 1.69. The molecule has 1 rings (SSSR count). The fraction of sp³-hybridized carbons (Fsp3) is 0.500. The molecule has 0 aliphatic carbocycles. The molecular formula is C6H11N5O2S. The monoisotopic (exact) mass is 217 g/mol. The lowest BCUT2D eigenvalue weighted by Crippen LogP contribution is -2.14. The van der Waals surface area contributed by atoms with E-state index < -0.39 is 15.1 Å². The highest BCUT2D eigenvalue weighted by molar-refractivity contribution is 7.90. The van der Waals surface area contributed by atoms with Gasteiger partial charge < -0.3 is 11.5 Å². The van der Waals surface area contributed by atoms with Gasteiger partial charge in [0.1, 0.15) is 5.25 Å². The van der Waals surface area contributed by atoms with Crippen molar-refractivity contribution in [3.05, 3.63) is 5.82 Å². The van der Waals surface area contributed by atoms with E-state index in [1.165, 1.54) is 6.92 Å². The number of aromatic nitrogens is 3. The van der Waals surface area contributed by atoms with Gasteiger partial charge in [-0.2, -0.15) is 15.0 Å². The van der Waals surface area contributed by atoms with E-state index >= 15 is 0 Å². The molecule has 78 valence electrons. The number of sulfone groups is 1. The first-order valence-corrected chi connectivity index (χ1v) is 5.72. The highest BCUT2D eigenvalue weighted by Crippen LogP contribution is 2.17. The number of rotatable bonds is 2. The summed E-state index contributed by atoms with van der Waals surface area (Å²) in [5, 5.41) is -0.838. The van der Waals surface area contributed by atoms with Gasteiger partial charge in [0.25, 0.3) is 0 Å². The van der Waals surface area contributed by atoms with E-state index in [1.54, 1.807) is 0 Å². The summed E-state index contributed by atoms with van der Waals surface area (Å²) in [4.78, 5) is 10.9. The van der Waals surface area contributed by atoms with Crippen molar-refractivity contribution in [1.82, 2.24) is 15.0 Å². The fourth-order valence-electron chi connectivity index (χ4n) is 0.800. The molecule has 0 amide bonds. The number of anilines is 2. The summed E-state index contributed by atoms with van der Waals surface area (Å²) in [5.74, 6) is -0.0940. The van der Waals surface area contributed by atoms with Gasteiger partial charge >= 0.3 is 0 Å². The Kier molecular flexibility index (Phi) is 2.56. The van der Waals surface area contributed by atoms with E-state index in [-0.39, 0.29) is 17.7 Å². The number of nitrogens with two attached hydrogens (primary N) is 2. The highest BCUT2D eigenvalue weighted by atomic mass is 32.2. The Hall–Kier alpha value is -1.44. The smallest absolute Gasteiger partial charge is 0.225 e. The standard InChI is InChI=1S/C6H11N5O2S/c1-3(14(2,12)13)4-9-5(7)11-6(8)10-4/h3H,1-2H3,(H4,7,8,9,10,11). The number of hydrogen-bond donors (Lipinski definition) is 2. The van der Waals surface area contributed by atoms with E-state index in [4.69, 9.17) is 11.5 Å². The molecule has 0 aliphatic rings. The lowest BCUT2D eigenvalue weighted by molar-refractivity contribution is 0.589. The molecule has 1 heterocycles. The average Bonchev–Trinajstić information content (AvgIpc) is 1.99. The first-order chi connectivity index (χ1) is 6.30. The van der Waals surface area contributed by atoms with Crippen LogP contribution in [0.5, 0.6) is 0 Å². The molecule has 1 atom stereocenters. The van der Waals surface area contributed by atoms with E-state index in [2.05, 4.69) is 15.0 Å². The molecule has 1 unspecified atom stereocenters. The number of nitrogens with zero attached hydrogens (tertiary/aromatic N) is 3. The maximum absolute atomic E-state index is 11.2. The highest BCUT2D eigenvalue weighted by Gasteiger charge is 2.21. The molecule has 0 radical (unpaired) electrons. The summed E-state index contributed by atoms with van der Waals surface area (Å²) >= 11 is 0. The Morgan fingerprint density at radius 3 is 1.93 bits per heavy atom. The summed E-state index contributed by atoms with van der Waals surface area (Å²) in [6.07, 6.45) is 1.09. The van der Waals surface area contributed by atoms with Crippen LogP contribution in [0.2, 0.25) is 0 Å². The van der Waals surface area contributed by atoms with Gasteiger partial charge in [-0.15, -0.1) is 0 Å². The zero-order chi connectivity index (χ0) is 10.9. The number of hydrogen-bond acceptors (Lipinski definition) is 7. The van der Waals surface area contributed by atoms with Gasteiger partial charge in [0.15, 0.2) is 15.7 Å². The first kappa shape index (κ1) is 10.6. The van der Waals surface area contributed by atoms with Gasteiger partial charge in [-0.05, 0) is 6.92 Å². The summed E-state index contributed by atoms with van der Waals surface area (Å²) in [6.45, 7) is 1.46. The molecule has 0 spiro atoms. The maximum atomic E-state index is 11.2. The van der Waals surface area contributed by atoms with Crippen LogP contribution in [-0.4, -0.2) is 29.6 Å². The molecule has 0 bridgehead atoms. The predicted molar refractivity (Wildman–Crippen MR) is 51.9 cm³/mol. The van der Waals surface area contributed by atoms with Crippen LogP contribution in [0, 0.1) is 0 Å². The van der Waals surface area contributed by atoms with Crippen molar-refractivity contribution in [3.8, 4) is 0 Å². The molecule has 0 aromatic carbocycles. The normalized spacial score (nSPS) is 13.9. The number of nitrogen functional groups attached to an aromatic ring is 2. The molecule has 0 aliphatic heterocycles. The van der Waals surface area contributed by atoms with Crippen LogP contribution < -0.4 is 11.5 Å². The Labute approximate surface area is 81.5 Å². The van der Waals surface area contributed by atoms with Crippen molar-refractivity contribution in [2.75, 3.05) is 17.7 Å². The van der Waals surface area contributed by atoms with Crippen LogP contribution in [0.1, 0.15) is 18.0 Å². The van der Waals surface area contributed by atoms with E-state index in [9.17, 15) is 8.42 Å². The Bertz CT molecular complexity index is 423. The van der Waals surface area contributed by atoms with Crippen molar-refractivity contribution in [2.24, 2.45) is 0 Å². The van der Waals surface area contributed by atoms with Crippen molar-refractivity contribution in [2.45, 2.75) is 12.2 Å². The van der Waals surface area contributed by atoms with Crippen LogP contribution in [0.3, 0.4) is 0 Å². The minimum Gasteiger partial charge on any atom is -0.368 e. The van der Waals surface area contributed by atoms with E-state index in [0.717, 1.165) is 6.26 Å². The van der Waals surface area contributed by atoms with Gasteiger partial charge in [0, 0.05) is 6.26 Å². The van der Waals surface area contributed by atoms with Crippen molar-refractivity contribution >= 4 is 21.7 Å². The first-order valence-electron chi connectivity index (χ1n) is 3.76. The molecule has 1 aromatic heterocycles. The van der Waals surface area contributed by atoms with Crippen molar-refractivity contribution in [1.29, 1.82) is 0 Å². The van der Waals surface area contributed by atoms with Crippen molar-refractivity contribution in [3.63, 3.8) is 0 Å². The van der Waals surface area contributed by atoms with Crippen molar-refractivity contribution < 1.29 is 8.42 Å². The van der Waals surface area contributed by atoms with Gasteiger partial charge in [0.05, 0.1) is 0 Å². The Morgan fingerprint density at radius 2 is 1.57 bits per heavy atom. The van der Waals surface area contributed by atoms with Gasteiger partial charge in [0.2, 0.25) is 11.9 Å². The largest absolute Gasteiger partial charge is 0.368 e. The molecule has 7 nitrogen and oxygen atoms in total. The second-order valence-electron chi connectivity index (χ2n) is 2.88. The molecule has 0 fully saturated rings. The lowest BCUT2D eigenvalue weighted by atomic mass is 10.4. The predicted octanol–water partition coefficient (Wildman–Crippen LogP) is -0.858. The molecule has 0 saturated heterocycles. The van der Waals surface area contributed by atoms with Crippen LogP contribution in [0.15, 0.2) is 0 Å². The molecule has 1 aromatic rings. The topological polar surface area (TPSA) is 125 Å². The third-order valence-corrected chi connectivity index (χ3v) is 3.19. The molecule has 4 N–H and O–H groups in total. The van der Waals surface area contributed by atoms with Gasteiger partial charge in [-0.25, -0.2) is 8.42 Å². The second-order valence-corrected chi connectivity index (χ2v) is 5.25. The molecular weight excluding hydrogens is 206 g/mol. The quantitative estimate of drug-likeness (QED) is 0.660. The minimum absolute atomic E-state index is 0.0671. The van der Waals surface area contributed by atoms with Crippen LogP contribution in [0.4, 0.5) is 11.9 Å². The summed E-state index contributed by atoms with van der Waals surface area (Å²) in [5.41, 5.74) is 10.6. The summed E-state index contributed by atoms with van der Waals surface area (Å²) in [7, 11) is -3.25. The SMILES string of the molecule is CC(c1nc(N)nc(N)n1)S(C)(=O)=O. The summed E-state index contributed by atoms with van der Waals surface area (Å²) < 4.78 is 22.3. The van der Waals surface area contributed by atoms with E-state index in [0.29, 0.717) is 0 Å². The Morgan fingerprint density at radius 1 is 1.14 bits per heavy atom. The minimum atomic E-state index is -3.25. The molecule has 8 heteroatoms. The second kappa shape index (κ2) is 3.37. The fourth-order valence-corrected chi connectivity index (χ4v) is 1.29. The maximum Gasteiger partial charge on any atom is 0.225 e. The van der Waals surface area contributed by atoms with Crippen LogP contribution in [-0.2, 0) is 9.84 Å². The zero-order valence-electron chi connectivity index (χ0n) is 7.80. The van der Waals surface area contributed by atoms with E-state index in [1.807, 2.05) is 0 Å². The van der Waals surface area contributed by atoms with Crippen LogP contribution >= 0.6 is 0 Å². The third kappa shape index (κ3) is 2.28. The molecule has 14 heavy (non-hydrogen) atoms. The van der Waals surface area contributed by atoms with Gasteiger partial charge in [-0.3, -0.25) is 0 Å². The van der Waals surface area contributed by atoms with Crippen LogP contribution in [0.25, 0.3) is 0 Å². The average molecular weight is 217 g/mol. The molecule has 0 saturated carbocycles. The van der Waals surface area contributed by atoms with Gasteiger partial charge in [-0.1, -0.05) is 0 Å². The summed E-state index contributed by atoms with van der Waals surface area (Å²) in [6, 6.07) is 0.